The molecular weight excluding hydrogens is 190 g/mol. The van der Waals surface area contributed by atoms with Crippen LogP contribution in [0.1, 0.15) is 36.8 Å². The van der Waals surface area contributed by atoms with Crippen molar-refractivity contribution in [2.75, 3.05) is 6.61 Å². The molecule has 4 heteroatoms. The normalized spacial score (nSPS) is 10.1. The first-order chi connectivity index (χ1) is 7.06. The van der Waals surface area contributed by atoms with E-state index in [2.05, 4.69) is 9.97 Å². The summed E-state index contributed by atoms with van der Waals surface area (Å²) in [7, 11) is 0. The van der Waals surface area contributed by atoms with Crippen molar-refractivity contribution in [3.63, 3.8) is 0 Å². The number of ether oxygens (including phenoxy) is 1. The molecule has 0 spiro atoms. The Balaban J connectivity index is 3.08. The number of aromatic nitrogens is 2. The molecule has 1 heterocycles. The maximum atomic E-state index is 8.45. The lowest BCUT2D eigenvalue weighted by Crippen LogP contribution is -2.06. The Morgan fingerprint density at radius 3 is 2.53 bits per heavy atom. The Labute approximate surface area is 89.9 Å². The molecule has 0 radical (unpaired) electrons. The largest absolute Gasteiger partial charge is 0.462 e. The van der Waals surface area contributed by atoms with Crippen LogP contribution >= 0.6 is 0 Å². The van der Waals surface area contributed by atoms with E-state index < -0.39 is 0 Å². The van der Waals surface area contributed by atoms with Gasteiger partial charge in [0.25, 0.3) is 0 Å². The lowest BCUT2D eigenvalue weighted by Gasteiger charge is -2.11. The van der Waals surface area contributed by atoms with Crippen LogP contribution in [0.3, 0.4) is 0 Å². The lowest BCUT2D eigenvalue weighted by molar-refractivity contribution is 0.346. The first kappa shape index (κ1) is 11.4. The summed E-state index contributed by atoms with van der Waals surface area (Å²) in [5, 5.41) is 8.45. The Morgan fingerprint density at radius 2 is 2.00 bits per heavy atom. The fraction of sp³-hybridized carbons (Fsp3) is 0.545. The van der Waals surface area contributed by atoms with Crippen LogP contribution in [-0.2, 0) is 0 Å². The van der Waals surface area contributed by atoms with Gasteiger partial charge in [0, 0.05) is 17.2 Å². The van der Waals surface area contributed by atoms with Gasteiger partial charge in [-0.2, -0.15) is 10.2 Å². The summed E-state index contributed by atoms with van der Waals surface area (Å²) in [6.45, 7) is 7.89. The van der Waals surface area contributed by atoms with Crippen molar-refractivity contribution in [1.29, 1.82) is 5.26 Å². The van der Waals surface area contributed by atoms with Crippen molar-refractivity contribution in [2.45, 2.75) is 33.6 Å². The molecule has 80 valence electrons. The highest BCUT2D eigenvalue weighted by Gasteiger charge is 2.11. The van der Waals surface area contributed by atoms with E-state index >= 15 is 0 Å². The van der Waals surface area contributed by atoms with Crippen molar-refractivity contribution in [3.05, 3.63) is 17.1 Å². The van der Waals surface area contributed by atoms with Crippen LogP contribution in [0.2, 0.25) is 0 Å². The molecule has 4 nitrogen and oxygen atoms in total. The summed E-state index contributed by atoms with van der Waals surface area (Å²) in [5.41, 5.74) is 1.80. The van der Waals surface area contributed by atoms with Gasteiger partial charge in [0.05, 0.1) is 0 Å². The number of nitrogens with zero attached hydrogens (tertiary/aromatic N) is 3. The van der Waals surface area contributed by atoms with Crippen molar-refractivity contribution >= 4 is 0 Å². The zero-order valence-corrected chi connectivity index (χ0v) is 9.53. The second-order valence-electron chi connectivity index (χ2n) is 3.70. The standard InChI is InChI=1S/C11H15N3O/c1-7(2)10-13-9(4)8(3)11(14-10)15-6-5-12/h7H,6H2,1-4H3. The average molecular weight is 205 g/mol. The summed E-state index contributed by atoms with van der Waals surface area (Å²) in [4.78, 5) is 8.65. The Morgan fingerprint density at radius 1 is 1.33 bits per heavy atom. The van der Waals surface area contributed by atoms with Crippen molar-refractivity contribution in [3.8, 4) is 11.9 Å². The van der Waals surface area contributed by atoms with E-state index in [1.807, 2.05) is 33.8 Å². The van der Waals surface area contributed by atoms with Crippen LogP contribution in [0.5, 0.6) is 5.88 Å². The molecule has 15 heavy (non-hydrogen) atoms. The Kier molecular flexibility index (Phi) is 3.62. The van der Waals surface area contributed by atoms with E-state index in [9.17, 15) is 0 Å². The molecular formula is C11H15N3O. The van der Waals surface area contributed by atoms with E-state index in [0.29, 0.717) is 5.88 Å². The van der Waals surface area contributed by atoms with Crippen LogP contribution in [0, 0.1) is 25.2 Å². The van der Waals surface area contributed by atoms with Crippen LogP contribution in [0.15, 0.2) is 0 Å². The maximum Gasteiger partial charge on any atom is 0.220 e. The minimum Gasteiger partial charge on any atom is -0.462 e. The van der Waals surface area contributed by atoms with E-state index in [1.54, 1.807) is 0 Å². The number of rotatable bonds is 3. The van der Waals surface area contributed by atoms with Gasteiger partial charge >= 0.3 is 0 Å². The molecule has 1 aromatic rings. The fourth-order valence-electron chi connectivity index (χ4n) is 1.12. The molecule has 0 aliphatic carbocycles. The van der Waals surface area contributed by atoms with Crippen LogP contribution in [0.4, 0.5) is 0 Å². The van der Waals surface area contributed by atoms with Crippen molar-refractivity contribution < 1.29 is 4.74 Å². The van der Waals surface area contributed by atoms with Gasteiger partial charge in [0.15, 0.2) is 6.61 Å². The average Bonchev–Trinajstić information content (AvgIpc) is 2.19. The molecule has 0 aromatic carbocycles. The third kappa shape index (κ3) is 2.66. The van der Waals surface area contributed by atoms with E-state index in [0.717, 1.165) is 17.1 Å². The molecule has 1 aromatic heterocycles. The van der Waals surface area contributed by atoms with E-state index in [4.69, 9.17) is 10.00 Å². The van der Waals surface area contributed by atoms with Crippen LogP contribution in [0.25, 0.3) is 0 Å². The van der Waals surface area contributed by atoms with Crippen LogP contribution < -0.4 is 4.74 Å². The van der Waals surface area contributed by atoms with E-state index in [-0.39, 0.29) is 12.5 Å². The summed E-state index contributed by atoms with van der Waals surface area (Å²) in [6, 6.07) is 1.93. The van der Waals surface area contributed by atoms with Crippen molar-refractivity contribution in [1.82, 2.24) is 9.97 Å². The monoisotopic (exact) mass is 205 g/mol. The number of nitriles is 1. The molecule has 0 aliphatic heterocycles. The van der Waals surface area contributed by atoms with Crippen LogP contribution in [-0.4, -0.2) is 16.6 Å². The highest BCUT2D eigenvalue weighted by molar-refractivity contribution is 5.29. The number of aryl methyl sites for hydroxylation is 1. The lowest BCUT2D eigenvalue weighted by atomic mass is 10.2. The summed E-state index contributed by atoms with van der Waals surface area (Å²) < 4.78 is 5.25. The summed E-state index contributed by atoms with van der Waals surface area (Å²) in [5.74, 6) is 1.53. The van der Waals surface area contributed by atoms with Gasteiger partial charge < -0.3 is 4.74 Å². The quantitative estimate of drug-likeness (QED) is 0.758. The minimum atomic E-state index is 0.0226. The highest BCUT2D eigenvalue weighted by Crippen LogP contribution is 2.20. The number of hydrogen-bond donors (Lipinski definition) is 0. The maximum absolute atomic E-state index is 8.45. The SMILES string of the molecule is Cc1nc(C(C)C)nc(OCC#N)c1C. The van der Waals surface area contributed by atoms with Gasteiger partial charge in [-0.15, -0.1) is 0 Å². The summed E-state index contributed by atoms with van der Waals surface area (Å²) in [6.07, 6.45) is 0. The highest BCUT2D eigenvalue weighted by atomic mass is 16.5. The molecule has 0 bridgehead atoms. The molecule has 0 aliphatic rings. The minimum absolute atomic E-state index is 0.0226. The van der Waals surface area contributed by atoms with Gasteiger partial charge in [0.1, 0.15) is 11.9 Å². The van der Waals surface area contributed by atoms with E-state index in [1.165, 1.54) is 0 Å². The van der Waals surface area contributed by atoms with Crippen molar-refractivity contribution in [2.24, 2.45) is 0 Å². The molecule has 0 saturated carbocycles. The van der Waals surface area contributed by atoms with Gasteiger partial charge in [0.2, 0.25) is 5.88 Å². The van der Waals surface area contributed by atoms with Gasteiger partial charge in [-0.1, -0.05) is 13.8 Å². The van der Waals surface area contributed by atoms with Gasteiger partial charge in [-0.05, 0) is 13.8 Å². The Hall–Kier alpha value is -1.63. The molecule has 0 amide bonds. The first-order valence-corrected chi connectivity index (χ1v) is 4.91. The smallest absolute Gasteiger partial charge is 0.220 e. The predicted octanol–water partition coefficient (Wildman–Crippen LogP) is 2.12. The second kappa shape index (κ2) is 4.74. The molecule has 0 N–H and O–H groups in total. The van der Waals surface area contributed by atoms with Gasteiger partial charge in [-0.3, -0.25) is 0 Å². The third-order valence-corrected chi connectivity index (χ3v) is 2.15. The fourth-order valence-corrected chi connectivity index (χ4v) is 1.12. The molecule has 0 saturated heterocycles. The molecule has 0 fully saturated rings. The molecule has 0 atom stereocenters. The topological polar surface area (TPSA) is 58.8 Å². The Bertz CT molecular complexity index is 394. The predicted molar refractivity (Wildman–Crippen MR) is 56.7 cm³/mol. The zero-order chi connectivity index (χ0) is 11.4. The number of hydrogen-bond acceptors (Lipinski definition) is 4. The molecule has 1 rings (SSSR count). The van der Waals surface area contributed by atoms with Gasteiger partial charge in [-0.25, -0.2) is 4.98 Å². The third-order valence-electron chi connectivity index (χ3n) is 2.15. The molecule has 0 unspecified atom stereocenters. The first-order valence-electron chi connectivity index (χ1n) is 4.91. The summed E-state index contributed by atoms with van der Waals surface area (Å²) >= 11 is 0. The zero-order valence-electron chi connectivity index (χ0n) is 9.53. The second-order valence-corrected chi connectivity index (χ2v) is 3.70.